The van der Waals surface area contributed by atoms with Crippen molar-refractivity contribution in [2.45, 2.75) is 13.0 Å². The quantitative estimate of drug-likeness (QED) is 0.900. The Morgan fingerprint density at radius 2 is 2.00 bits per heavy atom. The van der Waals surface area contributed by atoms with Crippen LogP contribution in [0.2, 0.25) is 0 Å². The second kappa shape index (κ2) is 5.88. The zero-order valence-electron chi connectivity index (χ0n) is 11.7. The molecule has 106 valence electrons. The van der Waals surface area contributed by atoms with Crippen molar-refractivity contribution in [3.8, 4) is 0 Å². The summed E-state index contributed by atoms with van der Waals surface area (Å²) >= 11 is 0. The number of nitrogens with zero attached hydrogens (tertiary/aromatic N) is 2. The topological polar surface area (TPSA) is 62.5 Å². The highest BCUT2D eigenvalue weighted by Gasteiger charge is 2.14. The van der Waals surface area contributed by atoms with Crippen molar-refractivity contribution in [2.75, 3.05) is 20.6 Å². The van der Waals surface area contributed by atoms with Crippen LogP contribution < -0.4 is 5.56 Å². The summed E-state index contributed by atoms with van der Waals surface area (Å²) in [6.45, 7) is 1.21. The van der Waals surface area contributed by atoms with Crippen molar-refractivity contribution < 1.29 is 9.90 Å². The van der Waals surface area contributed by atoms with E-state index in [4.69, 9.17) is 0 Å². The summed E-state index contributed by atoms with van der Waals surface area (Å²) in [7, 11) is 3.89. The number of carbonyl (C=O) groups is 1. The molecule has 5 heteroatoms. The maximum absolute atomic E-state index is 12.4. The van der Waals surface area contributed by atoms with Gasteiger partial charge in [-0.1, -0.05) is 18.2 Å². The van der Waals surface area contributed by atoms with Gasteiger partial charge < -0.3 is 14.6 Å². The maximum atomic E-state index is 12.4. The first-order valence-corrected chi connectivity index (χ1v) is 6.51. The maximum Gasteiger partial charge on any atom is 0.352 e. The summed E-state index contributed by atoms with van der Waals surface area (Å²) in [5, 5.41) is 10.5. The number of aromatic carboxylic acids is 1. The van der Waals surface area contributed by atoms with E-state index < -0.39 is 5.97 Å². The highest BCUT2D eigenvalue weighted by atomic mass is 16.4. The van der Waals surface area contributed by atoms with Crippen LogP contribution in [0.3, 0.4) is 0 Å². The number of aromatic nitrogens is 1. The van der Waals surface area contributed by atoms with Crippen molar-refractivity contribution in [2.24, 2.45) is 0 Å². The Hall–Kier alpha value is -2.14. The minimum Gasteiger partial charge on any atom is -0.477 e. The molecule has 0 amide bonds. The summed E-state index contributed by atoms with van der Waals surface area (Å²) < 4.78 is 1.36. The highest BCUT2D eigenvalue weighted by Crippen LogP contribution is 2.12. The number of carboxylic acid groups (broad SMARTS) is 1. The number of rotatable bonds is 5. The van der Waals surface area contributed by atoms with E-state index in [0.717, 1.165) is 13.0 Å². The van der Waals surface area contributed by atoms with Crippen molar-refractivity contribution >= 4 is 16.7 Å². The van der Waals surface area contributed by atoms with Gasteiger partial charge in [-0.25, -0.2) is 4.79 Å². The molecule has 0 spiro atoms. The van der Waals surface area contributed by atoms with Gasteiger partial charge >= 0.3 is 5.97 Å². The van der Waals surface area contributed by atoms with Gasteiger partial charge in [0.15, 0.2) is 0 Å². The average molecular weight is 274 g/mol. The number of benzene rings is 1. The summed E-state index contributed by atoms with van der Waals surface area (Å²) in [6.07, 6.45) is 0.728. The van der Waals surface area contributed by atoms with Gasteiger partial charge in [0.2, 0.25) is 0 Å². The fourth-order valence-electron chi connectivity index (χ4n) is 2.24. The van der Waals surface area contributed by atoms with E-state index in [0.29, 0.717) is 17.3 Å². The Morgan fingerprint density at radius 3 is 2.65 bits per heavy atom. The molecule has 1 N–H and O–H groups in total. The van der Waals surface area contributed by atoms with E-state index in [1.807, 2.05) is 19.0 Å². The molecule has 0 bridgehead atoms. The molecule has 0 saturated heterocycles. The van der Waals surface area contributed by atoms with Gasteiger partial charge in [-0.2, -0.15) is 0 Å². The van der Waals surface area contributed by atoms with Crippen LogP contribution in [-0.2, 0) is 6.54 Å². The van der Waals surface area contributed by atoms with E-state index in [-0.39, 0.29) is 11.3 Å². The van der Waals surface area contributed by atoms with E-state index in [1.165, 1.54) is 4.57 Å². The molecule has 0 aliphatic heterocycles. The second-order valence-corrected chi connectivity index (χ2v) is 5.04. The second-order valence-electron chi connectivity index (χ2n) is 5.04. The third-order valence-corrected chi connectivity index (χ3v) is 3.23. The lowest BCUT2D eigenvalue weighted by Crippen LogP contribution is -2.27. The van der Waals surface area contributed by atoms with Gasteiger partial charge in [0.1, 0.15) is 5.69 Å². The summed E-state index contributed by atoms with van der Waals surface area (Å²) in [6, 6.07) is 8.63. The molecule has 1 heterocycles. The largest absolute Gasteiger partial charge is 0.477 e. The molecule has 1 aromatic carbocycles. The predicted molar refractivity (Wildman–Crippen MR) is 78.3 cm³/mol. The summed E-state index contributed by atoms with van der Waals surface area (Å²) in [5.41, 5.74) is -0.188. The molecule has 0 aliphatic rings. The molecular formula is C15H18N2O3. The van der Waals surface area contributed by atoms with Gasteiger partial charge in [0, 0.05) is 11.9 Å². The molecule has 0 radical (unpaired) electrons. The Kier molecular flexibility index (Phi) is 4.20. The summed E-state index contributed by atoms with van der Waals surface area (Å²) in [4.78, 5) is 25.8. The highest BCUT2D eigenvalue weighted by molar-refractivity contribution is 5.92. The van der Waals surface area contributed by atoms with Crippen LogP contribution in [-0.4, -0.2) is 41.2 Å². The molecule has 2 rings (SSSR count). The van der Waals surface area contributed by atoms with Crippen LogP contribution in [0.25, 0.3) is 10.8 Å². The summed E-state index contributed by atoms with van der Waals surface area (Å²) in [5.74, 6) is -1.07. The van der Waals surface area contributed by atoms with Crippen molar-refractivity contribution in [1.82, 2.24) is 9.47 Å². The molecular weight excluding hydrogens is 256 g/mol. The fourth-order valence-corrected chi connectivity index (χ4v) is 2.24. The van der Waals surface area contributed by atoms with Gasteiger partial charge in [-0.3, -0.25) is 4.79 Å². The number of hydrogen-bond donors (Lipinski definition) is 1. The normalized spacial score (nSPS) is 11.2. The van der Waals surface area contributed by atoms with Crippen LogP contribution in [0.15, 0.2) is 35.1 Å². The molecule has 0 aliphatic carbocycles. The van der Waals surface area contributed by atoms with E-state index in [1.54, 1.807) is 30.3 Å². The molecule has 5 nitrogen and oxygen atoms in total. The number of hydrogen-bond acceptors (Lipinski definition) is 3. The third kappa shape index (κ3) is 2.88. The number of pyridine rings is 1. The van der Waals surface area contributed by atoms with Crippen molar-refractivity contribution in [1.29, 1.82) is 0 Å². The Morgan fingerprint density at radius 1 is 1.30 bits per heavy atom. The average Bonchev–Trinajstić information content (AvgIpc) is 2.40. The lowest BCUT2D eigenvalue weighted by atomic mass is 10.1. The van der Waals surface area contributed by atoms with E-state index in [2.05, 4.69) is 0 Å². The molecule has 0 saturated carbocycles. The fraction of sp³-hybridized carbons (Fsp3) is 0.333. The molecule has 0 atom stereocenters. The van der Waals surface area contributed by atoms with Crippen molar-refractivity contribution in [3.63, 3.8) is 0 Å². The van der Waals surface area contributed by atoms with Crippen LogP contribution in [0, 0.1) is 0 Å². The first kappa shape index (κ1) is 14.3. The van der Waals surface area contributed by atoms with E-state index >= 15 is 0 Å². The zero-order chi connectivity index (χ0) is 14.7. The van der Waals surface area contributed by atoms with Gasteiger partial charge in [-0.15, -0.1) is 0 Å². The predicted octanol–water partition coefficient (Wildman–Crippen LogP) is 1.65. The number of carboxylic acids is 1. The number of fused-ring (bicyclic) bond motifs is 1. The Balaban J connectivity index is 2.49. The molecule has 0 fully saturated rings. The molecule has 20 heavy (non-hydrogen) atoms. The van der Waals surface area contributed by atoms with Crippen LogP contribution in [0.5, 0.6) is 0 Å². The minimum atomic E-state index is -1.07. The van der Waals surface area contributed by atoms with Gasteiger partial charge in [0.25, 0.3) is 5.56 Å². The van der Waals surface area contributed by atoms with Gasteiger partial charge in [0.05, 0.1) is 0 Å². The van der Waals surface area contributed by atoms with Crippen molar-refractivity contribution in [3.05, 3.63) is 46.4 Å². The smallest absolute Gasteiger partial charge is 0.352 e. The standard InChI is InChI=1S/C15H18N2O3/c1-16(2)8-5-9-17-13(15(19)20)10-11-6-3-4-7-12(11)14(17)18/h3-4,6-7,10H,5,8-9H2,1-2H3,(H,19,20). The lowest BCUT2D eigenvalue weighted by Gasteiger charge is -2.13. The SMILES string of the molecule is CN(C)CCCn1c(C(=O)O)cc2ccccc2c1=O. The van der Waals surface area contributed by atoms with E-state index in [9.17, 15) is 14.7 Å². The lowest BCUT2D eigenvalue weighted by molar-refractivity contribution is 0.0683. The zero-order valence-corrected chi connectivity index (χ0v) is 11.7. The van der Waals surface area contributed by atoms with Crippen LogP contribution >= 0.6 is 0 Å². The van der Waals surface area contributed by atoms with Gasteiger partial charge in [-0.05, 0) is 44.6 Å². The first-order valence-electron chi connectivity index (χ1n) is 6.51. The minimum absolute atomic E-state index is 0.0486. The monoisotopic (exact) mass is 274 g/mol. The Bertz CT molecular complexity index is 689. The Labute approximate surface area is 117 Å². The first-order chi connectivity index (χ1) is 9.50. The van der Waals surface area contributed by atoms with Crippen LogP contribution in [0.4, 0.5) is 0 Å². The third-order valence-electron chi connectivity index (χ3n) is 3.23. The molecule has 2 aromatic rings. The molecule has 1 aromatic heterocycles. The molecule has 0 unspecified atom stereocenters. The van der Waals surface area contributed by atoms with Crippen LogP contribution in [0.1, 0.15) is 16.9 Å².